The SMILES string of the molecule is CC(Nc1ccc2nnc(-c3ccsc3)n2n1)c1ccc(S(C)(=O)=O)c(F)c1. The molecule has 3 heterocycles. The largest absolute Gasteiger partial charge is 0.362 e. The summed E-state index contributed by atoms with van der Waals surface area (Å²) in [6, 6.07) is 9.29. The van der Waals surface area contributed by atoms with E-state index in [1.165, 1.54) is 12.1 Å². The molecule has 1 unspecified atom stereocenters. The van der Waals surface area contributed by atoms with Gasteiger partial charge in [-0.05, 0) is 48.2 Å². The van der Waals surface area contributed by atoms with Crippen molar-refractivity contribution in [2.24, 2.45) is 0 Å². The van der Waals surface area contributed by atoms with E-state index < -0.39 is 15.7 Å². The van der Waals surface area contributed by atoms with Gasteiger partial charge in [-0.2, -0.15) is 15.9 Å². The van der Waals surface area contributed by atoms with Gasteiger partial charge in [-0.15, -0.1) is 15.3 Å². The van der Waals surface area contributed by atoms with Crippen molar-refractivity contribution >= 4 is 32.6 Å². The van der Waals surface area contributed by atoms with Gasteiger partial charge in [-0.25, -0.2) is 12.8 Å². The lowest BCUT2D eigenvalue weighted by molar-refractivity contribution is 0.568. The number of benzene rings is 1. The van der Waals surface area contributed by atoms with Gasteiger partial charge in [-0.1, -0.05) is 6.07 Å². The summed E-state index contributed by atoms with van der Waals surface area (Å²) in [5, 5.41) is 19.9. The predicted molar refractivity (Wildman–Crippen MR) is 106 cm³/mol. The van der Waals surface area contributed by atoms with Crippen LogP contribution in [0.25, 0.3) is 17.0 Å². The minimum absolute atomic E-state index is 0.297. The highest BCUT2D eigenvalue weighted by Gasteiger charge is 2.17. The first-order valence-electron chi connectivity index (χ1n) is 8.34. The summed E-state index contributed by atoms with van der Waals surface area (Å²) in [7, 11) is -3.60. The Morgan fingerprint density at radius 3 is 2.68 bits per heavy atom. The molecular formula is C18H16FN5O2S2. The van der Waals surface area contributed by atoms with Gasteiger partial charge in [0.15, 0.2) is 21.3 Å². The molecule has 0 radical (unpaired) electrons. The van der Waals surface area contributed by atoms with Crippen LogP contribution < -0.4 is 5.32 Å². The Morgan fingerprint density at radius 2 is 2.00 bits per heavy atom. The minimum Gasteiger partial charge on any atom is -0.362 e. The monoisotopic (exact) mass is 417 g/mol. The molecule has 1 atom stereocenters. The van der Waals surface area contributed by atoms with Gasteiger partial charge in [0.25, 0.3) is 0 Å². The lowest BCUT2D eigenvalue weighted by Gasteiger charge is -2.16. The summed E-state index contributed by atoms with van der Waals surface area (Å²) in [6.45, 7) is 1.84. The molecule has 0 aliphatic rings. The first kappa shape index (κ1) is 18.5. The van der Waals surface area contributed by atoms with Crippen molar-refractivity contribution in [2.75, 3.05) is 11.6 Å². The average molecular weight is 417 g/mol. The number of aromatic nitrogens is 4. The van der Waals surface area contributed by atoms with E-state index in [4.69, 9.17) is 0 Å². The molecule has 0 bridgehead atoms. The number of rotatable bonds is 5. The van der Waals surface area contributed by atoms with E-state index in [1.807, 2.05) is 23.8 Å². The van der Waals surface area contributed by atoms with Crippen molar-refractivity contribution in [2.45, 2.75) is 17.9 Å². The van der Waals surface area contributed by atoms with Crippen molar-refractivity contribution in [3.63, 3.8) is 0 Å². The fourth-order valence-corrected chi connectivity index (χ4v) is 4.19. The third-order valence-corrected chi connectivity index (χ3v) is 6.08. The summed E-state index contributed by atoms with van der Waals surface area (Å²) in [6.07, 6.45) is 0.982. The molecule has 144 valence electrons. The summed E-state index contributed by atoms with van der Waals surface area (Å²) in [5.41, 5.74) is 2.14. The number of fused-ring (bicyclic) bond motifs is 1. The van der Waals surface area contributed by atoms with Crippen molar-refractivity contribution < 1.29 is 12.8 Å². The zero-order chi connectivity index (χ0) is 19.9. The van der Waals surface area contributed by atoms with Gasteiger partial charge in [-0.3, -0.25) is 0 Å². The second kappa shape index (κ2) is 6.95. The van der Waals surface area contributed by atoms with Gasteiger partial charge < -0.3 is 5.32 Å². The van der Waals surface area contributed by atoms with Crippen molar-refractivity contribution in [1.82, 2.24) is 19.8 Å². The van der Waals surface area contributed by atoms with Gasteiger partial charge in [0.05, 0.1) is 6.04 Å². The Balaban J connectivity index is 1.63. The molecule has 10 heteroatoms. The molecule has 28 heavy (non-hydrogen) atoms. The zero-order valence-corrected chi connectivity index (χ0v) is 16.6. The van der Waals surface area contributed by atoms with Crippen LogP contribution in [0.4, 0.5) is 10.2 Å². The predicted octanol–water partition coefficient (Wildman–Crippen LogP) is 3.57. The maximum Gasteiger partial charge on any atom is 0.186 e. The Kier molecular flexibility index (Phi) is 4.60. The molecule has 3 aromatic heterocycles. The Bertz CT molecular complexity index is 1250. The van der Waals surface area contributed by atoms with Gasteiger partial charge in [0, 0.05) is 17.2 Å². The van der Waals surface area contributed by atoms with Crippen LogP contribution in [-0.2, 0) is 9.84 Å². The van der Waals surface area contributed by atoms with Crippen molar-refractivity contribution in [3.05, 3.63) is 58.5 Å². The molecule has 4 aromatic rings. The molecule has 1 N–H and O–H groups in total. The van der Waals surface area contributed by atoms with E-state index in [-0.39, 0.29) is 10.9 Å². The van der Waals surface area contributed by atoms with Crippen LogP contribution in [0.2, 0.25) is 0 Å². The first-order valence-corrected chi connectivity index (χ1v) is 11.2. The minimum atomic E-state index is -3.60. The molecule has 0 aliphatic carbocycles. The molecule has 0 aliphatic heterocycles. The number of hydrogen-bond donors (Lipinski definition) is 1. The highest BCUT2D eigenvalue weighted by molar-refractivity contribution is 7.90. The molecule has 4 rings (SSSR count). The first-order chi connectivity index (χ1) is 13.3. The highest BCUT2D eigenvalue weighted by atomic mass is 32.2. The molecule has 0 fully saturated rings. The van der Waals surface area contributed by atoms with E-state index in [0.717, 1.165) is 11.8 Å². The van der Waals surface area contributed by atoms with Crippen LogP contribution in [0.15, 0.2) is 52.1 Å². The fraction of sp³-hybridized carbons (Fsp3) is 0.167. The molecule has 1 aromatic carbocycles. The molecular weight excluding hydrogens is 401 g/mol. The van der Waals surface area contributed by atoms with E-state index in [2.05, 4.69) is 20.6 Å². The van der Waals surface area contributed by atoms with Crippen LogP contribution in [-0.4, -0.2) is 34.5 Å². The molecule has 0 saturated heterocycles. The summed E-state index contributed by atoms with van der Waals surface area (Å²) in [5.74, 6) is 0.426. The zero-order valence-electron chi connectivity index (χ0n) is 15.0. The van der Waals surface area contributed by atoms with E-state index in [9.17, 15) is 12.8 Å². The second-order valence-electron chi connectivity index (χ2n) is 6.35. The Labute approximate surface area is 164 Å². The molecule has 7 nitrogen and oxygen atoms in total. The average Bonchev–Trinajstić information content (AvgIpc) is 3.29. The molecule has 0 amide bonds. The van der Waals surface area contributed by atoms with Crippen LogP contribution >= 0.6 is 11.3 Å². The van der Waals surface area contributed by atoms with Crippen LogP contribution in [0, 0.1) is 5.82 Å². The summed E-state index contributed by atoms with van der Waals surface area (Å²) < 4.78 is 39.0. The number of halogens is 1. The number of sulfone groups is 1. The van der Waals surface area contributed by atoms with Gasteiger partial charge in [0.1, 0.15) is 16.5 Å². The summed E-state index contributed by atoms with van der Waals surface area (Å²) >= 11 is 1.56. The number of anilines is 1. The standard InChI is InChI=1S/C18H16FN5O2S2/c1-11(12-3-4-15(14(19)9-12)28(2,25)26)20-16-5-6-17-21-22-18(24(17)23-16)13-7-8-27-10-13/h3-11H,1-2H3,(H,20,23). The van der Waals surface area contributed by atoms with Crippen LogP contribution in [0.5, 0.6) is 0 Å². The summed E-state index contributed by atoms with van der Waals surface area (Å²) in [4.78, 5) is -0.312. The highest BCUT2D eigenvalue weighted by Crippen LogP contribution is 2.24. The number of nitrogens with one attached hydrogen (secondary N) is 1. The third kappa shape index (κ3) is 3.48. The van der Waals surface area contributed by atoms with Gasteiger partial charge >= 0.3 is 0 Å². The Morgan fingerprint density at radius 1 is 1.18 bits per heavy atom. The molecule has 0 spiro atoms. The molecule has 0 saturated carbocycles. The maximum absolute atomic E-state index is 14.2. The normalized spacial score (nSPS) is 13.0. The van der Waals surface area contributed by atoms with E-state index in [1.54, 1.807) is 34.1 Å². The van der Waals surface area contributed by atoms with Crippen molar-refractivity contribution in [3.8, 4) is 11.4 Å². The van der Waals surface area contributed by atoms with Gasteiger partial charge in [0.2, 0.25) is 0 Å². The smallest absolute Gasteiger partial charge is 0.186 e. The Hall–Kier alpha value is -2.85. The second-order valence-corrected chi connectivity index (χ2v) is 9.12. The fourth-order valence-electron chi connectivity index (χ4n) is 2.83. The number of thiophene rings is 1. The van der Waals surface area contributed by atoms with Crippen LogP contribution in [0.1, 0.15) is 18.5 Å². The quantitative estimate of drug-likeness (QED) is 0.534. The van der Waals surface area contributed by atoms with Crippen LogP contribution in [0.3, 0.4) is 0 Å². The lowest BCUT2D eigenvalue weighted by atomic mass is 10.1. The topological polar surface area (TPSA) is 89.2 Å². The van der Waals surface area contributed by atoms with Crippen molar-refractivity contribution in [1.29, 1.82) is 0 Å². The lowest BCUT2D eigenvalue weighted by Crippen LogP contribution is -2.11. The number of nitrogens with zero attached hydrogens (tertiary/aromatic N) is 4. The van der Waals surface area contributed by atoms with E-state index in [0.29, 0.717) is 22.9 Å². The maximum atomic E-state index is 14.2. The third-order valence-electron chi connectivity index (χ3n) is 4.26. The number of hydrogen-bond acceptors (Lipinski definition) is 7. The van der Waals surface area contributed by atoms with E-state index >= 15 is 0 Å².